The number of likely N-dealkylation sites (tertiary alicyclic amines) is 1. The molecule has 4 rings (SSSR count). The quantitative estimate of drug-likeness (QED) is 0.495. The lowest BCUT2D eigenvalue weighted by molar-refractivity contribution is -0.132. The highest BCUT2D eigenvalue weighted by Gasteiger charge is 2.28. The molecule has 3 aromatic rings. The summed E-state index contributed by atoms with van der Waals surface area (Å²) in [5.41, 5.74) is 1.41. The molecule has 172 valence electrons. The number of halogens is 1. The largest absolute Gasteiger partial charge is 0.495 e. The van der Waals surface area contributed by atoms with Crippen LogP contribution in [0.3, 0.4) is 0 Å². The van der Waals surface area contributed by atoms with Gasteiger partial charge in [0.2, 0.25) is 17.7 Å². The topological polar surface area (TPSA) is 97.6 Å². The maximum absolute atomic E-state index is 12.7. The van der Waals surface area contributed by atoms with E-state index < -0.39 is 0 Å². The van der Waals surface area contributed by atoms with E-state index >= 15 is 0 Å². The summed E-state index contributed by atoms with van der Waals surface area (Å²) in [6.45, 7) is 1.06. The van der Waals surface area contributed by atoms with Crippen molar-refractivity contribution in [1.29, 1.82) is 0 Å². The van der Waals surface area contributed by atoms with Crippen molar-refractivity contribution in [3.05, 3.63) is 53.6 Å². The van der Waals surface area contributed by atoms with Crippen LogP contribution in [-0.2, 0) is 9.59 Å². The summed E-state index contributed by atoms with van der Waals surface area (Å²) < 4.78 is 10.9. The molecular formula is C23H23ClN4O4S. The standard InChI is InChI=1S/C23H23ClN4O4S/c1-31-19-5-3-2-4-18(19)25-21(30)15-10-12-28(13-11-15)20(29)14-33-23-27-26-22(32-23)16-6-8-17(24)9-7-16/h2-9,15H,10-14H2,1H3,(H,25,30). The number of para-hydroxylation sites is 2. The number of anilines is 1. The summed E-state index contributed by atoms with van der Waals surface area (Å²) >= 11 is 7.10. The van der Waals surface area contributed by atoms with Crippen LogP contribution < -0.4 is 10.1 Å². The Balaban J connectivity index is 1.24. The molecule has 1 aliphatic rings. The second kappa shape index (κ2) is 10.7. The minimum absolute atomic E-state index is 0.0187. The van der Waals surface area contributed by atoms with Gasteiger partial charge in [-0.1, -0.05) is 35.5 Å². The predicted molar refractivity (Wildman–Crippen MR) is 126 cm³/mol. The maximum Gasteiger partial charge on any atom is 0.277 e. The first-order chi connectivity index (χ1) is 16.0. The summed E-state index contributed by atoms with van der Waals surface area (Å²) in [7, 11) is 1.57. The predicted octanol–water partition coefficient (Wildman–Crippen LogP) is 4.37. The first-order valence-corrected chi connectivity index (χ1v) is 11.8. The Kier molecular flexibility index (Phi) is 7.51. The van der Waals surface area contributed by atoms with Crippen molar-refractivity contribution in [3.8, 4) is 17.2 Å². The average Bonchev–Trinajstić information content (AvgIpc) is 3.32. The van der Waals surface area contributed by atoms with Crippen LogP contribution in [0.2, 0.25) is 5.02 Å². The van der Waals surface area contributed by atoms with Crippen molar-refractivity contribution in [2.45, 2.75) is 18.1 Å². The van der Waals surface area contributed by atoms with Gasteiger partial charge in [0.05, 0.1) is 18.6 Å². The van der Waals surface area contributed by atoms with Crippen molar-refractivity contribution in [1.82, 2.24) is 15.1 Å². The van der Waals surface area contributed by atoms with Crippen LogP contribution in [0.25, 0.3) is 11.5 Å². The fraction of sp³-hybridized carbons (Fsp3) is 0.304. The highest BCUT2D eigenvalue weighted by molar-refractivity contribution is 7.99. The minimum atomic E-state index is -0.149. The molecular weight excluding hydrogens is 464 g/mol. The third-order valence-corrected chi connectivity index (χ3v) is 6.46. The SMILES string of the molecule is COc1ccccc1NC(=O)C1CCN(C(=O)CSc2nnc(-c3ccc(Cl)cc3)o2)CC1. The van der Waals surface area contributed by atoms with Crippen LogP contribution in [0.5, 0.6) is 5.75 Å². The number of thioether (sulfide) groups is 1. The van der Waals surface area contributed by atoms with Crippen LogP contribution in [0, 0.1) is 5.92 Å². The Morgan fingerprint density at radius 1 is 1.15 bits per heavy atom. The van der Waals surface area contributed by atoms with Crippen molar-refractivity contribution in [2.75, 3.05) is 31.3 Å². The molecule has 0 spiro atoms. The molecule has 0 atom stereocenters. The monoisotopic (exact) mass is 486 g/mol. The Morgan fingerprint density at radius 2 is 1.88 bits per heavy atom. The second-order valence-corrected chi connectivity index (χ2v) is 8.88. The number of carbonyl (C=O) groups is 2. The summed E-state index contributed by atoms with van der Waals surface area (Å²) in [5, 5.41) is 11.9. The fourth-order valence-electron chi connectivity index (χ4n) is 3.57. The van der Waals surface area contributed by atoms with Gasteiger partial charge >= 0.3 is 0 Å². The molecule has 0 bridgehead atoms. The molecule has 2 aromatic carbocycles. The van der Waals surface area contributed by atoms with Gasteiger partial charge in [-0.05, 0) is 49.2 Å². The molecule has 1 aromatic heterocycles. The third kappa shape index (κ3) is 5.85. The average molecular weight is 487 g/mol. The number of carbonyl (C=O) groups excluding carboxylic acids is 2. The molecule has 10 heteroatoms. The van der Waals surface area contributed by atoms with Crippen LogP contribution in [0.1, 0.15) is 12.8 Å². The number of hydrogen-bond donors (Lipinski definition) is 1. The lowest BCUT2D eigenvalue weighted by atomic mass is 9.96. The fourth-order valence-corrected chi connectivity index (χ4v) is 4.36. The van der Waals surface area contributed by atoms with Gasteiger partial charge in [-0.3, -0.25) is 9.59 Å². The number of nitrogens with zero attached hydrogens (tertiary/aromatic N) is 3. The zero-order valence-electron chi connectivity index (χ0n) is 18.0. The zero-order chi connectivity index (χ0) is 23.2. The van der Waals surface area contributed by atoms with E-state index in [2.05, 4.69) is 15.5 Å². The number of amides is 2. The smallest absolute Gasteiger partial charge is 0.277 e. The van der Waals surface area contributed by atoms with Crippen molar-refractivity contribution < 1.29 is 18.7 Å². The Labute approximate surface area is 200 Å². The molecule has 2 heterocycles. The number of methoxy groups -OCH3 is 1. The summed E-state index contributed by atoms with van der Waals surface area (Å²) in [4.78, 5) is 27.0. The number of piperidine rings is 1. The van der Waals surface area contributed by atoms with E-state index in [4.69, 9.17) is 20.8 Å². The van der Waals surface area contributed by atoms with Crippen LogP contribution in [0.15, 0.2) is 58.2 Å². The second-order valence-electron chi connectivity index (χ2n) is 7.51. The number of ether oxygens (including phenoxy) is 1. The summed E-state index contributed by atoms with van der Waals surface area (Å²) in [6, 6.07) is 14.4. The van der Waals surface area contributed by atoms with E-state index in [1.54, 1.807) is 42.3 Å². The van der Waals surface area contributed by atoms with Crippen molar-refractivity contribution in [2.24, 2.45) is 5.92 Å². The number of aromatic nitrogens is 2. The highest BCUT2D eigenvalue weighted by Crippen LogP contribution is 2.27. The molecule has 0 radical (unpaired) electrons. The Morgan fingerprint density at radius 3 is 2.61 bits per heavy atom. The van der Waals surface area contributed by atoms with Gasteiger partial charge in [-0.25, -0.2) is 0 Å². The van der Waals surface area contributed by atoms with E-state index in [-0.39, 0.29) is 23.5 Å². The number of hydrogen-bond acceptors (Lipinski definition) is 7. The molecule has 0 saturated carbocycles. The highest BCUT2D eigenvalue weighted by atomic mass is 35.5. The van der Waals surface area contributed by atoms with Crippen molar-refractivity contribution >= 4 is 40.9 Å². The van der Waals surface area contributed by atoms with Gasteiger partial charge in [-0.15, -0.1) is 10.2 Å². The van der Waals surface area contributed by atoms with E-state index in [9.17, 15) is 9.59 Å². The number of benzene rings is 2. The van der Waals surface area contributed by atoms with E-state index in [1.165, 1.54) is 11.8 Å². The normalized spacial score (nSPS) is 14.2. The molecule has 0 aliphatic carbocycles. The Hall–Kier alpha value is -3.04. The van der Waals surface area contributed by atoms with E-state index in [1.807, 2.05) is 18.2 Å². The molecule has 8 nitrogen and oxygen atoms in total. The molecule has 2 amide bonds. The molecule has 33 heavy (non-hydrogen) atoms. The summed E-state index contributed by atoms with van der Waals surface area (Å²) in [6.07, 6.45) is 1.22. The van der Waals surface area contributed by atoms with Gasteiger partial charge in [0.25, 0.3) is 5.22 Å². The number of nitrogens with one attached hydrogen (secondary N) is 1. The first-order valence-electron chi connectivity index (χ1n) is 10.5. The van der Waals surface area contributed by atoms with Crippen molar-refractivity contribution in [3.63, 3.8) is 0 Å². The molecule has 0 unspecified atom stereocenters. The zero-order valence-corrected chi connectivity index (χ0v) is 19.6. The third-order valence-electron chi connectivity index (χ3n) is 5.40. The molecule has 1 fully saturated rings. The Bertz CT molecular complexity index is 1110. The van der Waals surface area contributed by atoms with Crippen LogP contribution in [-0.4, -0.2) is 52.9 Å². The van der Waals surface area contributed by atoms with E-state index in [0.717, 1.165) is 5.56 Å². The van der Waals surface area contributed by atoms with Crippen LogP contribution >= 0.6 is 23.4 Å². The van der Waals surface area contributed by atoms with Gasteiger partial charge in [-0.2, -0.15) is 0 Å². The van der Waals surface area contributed by atoms with Crippen LogP contribution in [0.4, 0.5) is 5.69 Å². The minimum Gasteiger partial charge on any atom is -0.495 e. The lowest BCUT2D eigenvalue weighted by Crippen LogP contribution is -2.42. The summed E-state index contributed by atoms with van der Waals surface area (Å²) in [5.74, 6) is 0.973. The first kappa shape index (κ1) is 23.1. The number of rotatable bonds is 7. The van der Waals surface area contributed by atoms with Gasteiger partial charge in [0.15, 0.2) is 0 Å². The molecule has 1 saturated heterocycles. The van der Waals surface area contributed by atoms with Gasteiger partial charge < -0.3 is 19.4 Å². The van der Waals surface area contributed by atoms with Gasteiger partial charge in [0, 0.05) is 29.6 Å². The van der Waals surface area contributed by atoms with Gasteiger partial charge in [0.1, 0.15) is 5.75 Å². The van der Waals surface area contributed by atoms with E-state index in [0.29, 0.717) is 53.5 Å². The molecule has 1 N–H and O–H groups in total. The lowest BCUT2D eigenvalue weighted by Gasteiger charge is -2.31. The maximum atomic E-state index is 12.7. The molecule has 1 aliphatic heterocycles.